The molecule has 5 nitrogen and oxygen atoms in total. The summed E-state index contributed by atoms with van der Waals surface area (Å²) in [4.78, 5) is 16.2. The fourth-order valence-corrected chi connectivity index (χ4v) is 2.64. The molecule has 0 aromatic rings. The first-order valence-electron chi connectivity index (χ1n) is 6.50. The molecule has 0 spiro atoms. The molecule has 2 saturated heterocycles. The van der Waals surface area contributed by atoms with E-state index in [-0.39, 0.29) is 5.91 Å². The van der Waals surface area contributed by atoms with Gasteiger partial charge in [-0.3, -0.25) is 9.69 Å². The maximum absolute atomic E-state index is 11.8. The first kappa shape index (κ1) is 12.8. The summed E-state index contributed by atoms with van der Waals surface area (Å²) in [7, 11) is 0. The number of nitrogens with two attached hydrogens (primary N) is 1. The minimum absolute atomic E-state index is 0.264. The number of hydrogen-bond acceptors (Lipinski definition) is 4. The summed E-state index contributed by atoms with van der Waals surface area (Å²) in [6.45, 7) is 8.04. The topological polar surface area (TPSA) is 58.8 Å². The summed E-state index contributed by atoms with van der Waals surface area (Å²) < 4.78 is 5.34. The van der Waals surface area contributed by atoms with E-state index >= 15 is 0 Å². The molecule has 98 valence electrons. The molecule has 2 heterocycles. The SMILES string of the molecule is CC(CN1CC(CN)CC1=O)N1CCOCC1. The zero-order chi connectivity index (χ0) is 12.3. The highest BCUT2D eigenvalue weighted by molar-refractivity contribution is 5.78. The number of amides is 1. The van der Waals surface area contributed by atoms with Crippen LogP contribution in [0, 0.1) is 5.92 Å². The standard InChI is InChI=1S/C12H23N3O2/c1-10(14-2-4-17-5-3-14)8-15-9-11(7-13)6-12(15)16/h10-11H,2-9,13H2,1H3. The Hall–Kier alpha value is -0.650. The Morgan fingerprint density at radius 3 is 2.76 bits per heavy atom. The Bertz CT molecular complexity index is 266. The summed E-state index contributed by atoms with van der Waals surface area (Å²) >= 11 is 0. The van der Waals surface area contributed by atoms with E-state index in [0.29, 0.717) is 24.9 Å². The van der Waals surface area contributed by atoms with Crippen molar-refractivity contribution in [3.05, 3.63) is 0 Å². The molecule has 1 amide bonds. The number of ether oxygens (including phenoxy) is 1. The van der Waals surface area contributed by atoms with Gasteiger partial charge in [-0.25, -0.2) is 0 Å². The fourth-order valence-electron chi connectivity index (χ4n) is 2.64. The van der Waals surface area contributed by atoms with Crippen LogP contribution < -0.4 is 5.73 Å². The summed E-state index contributed by atoms with van der Waals surface area (Å²) in [5.74, 6) is 0.625. The van der Waals surface area contributed by atoms with Crippen LogP contribution in [0.25, 0.3) is 0 Å². The molecule has 2 fully saturated rings. The maximum Gasteiger partial charge on any atom is 0.223 e. The molecule has 2 N–H and O–H groups in total. The third-order valence-corrected chi connectivity index (χ3v) is 3.78. The highest BCUT2D eigenvalue weighted by atomic mass is 16.5. The lowest BCUT2D eigenvalue weighted by atomic mass is 10.1. The van der Waals surface area contributed by atoms with Crippen LogP contribution in [-0.2, 0) is 9.53 Å². The number of hydrogen-bond donors (Lipinski definition) is 1. The number of carbonyl (C=O) groups excluding carboxylic acids is 1. The number of morpholine rings is 1. The van der Waals surface area contributed by atoms with Crippen LogP contribution in [-0.4, -0.2) is 67.7 Å². The first-order valence-corrected chi connectivity index (χ1v) is 6.50. The number of carbonyl (C=O) groups is 1. The third kappa shape index (κ3) is 3.18. The molecule has 0 bridgehead atoms. The van der Waals surface area contributed by atoms with Crippen molar-refractivity contribution in [2.45, 2.75) is 19.4 Å². The van der Waals surface area contributed by atoms with Gasteiger partial charge < -0.3 is 15.4 Å². The Labute approximate surface area is 103 Å². The second-order valence-electron chi connectivity index (χ2n) is 5.10. The lowest BCUT2D eigenvalue weighted by Crippen LogP contribution is -2.47. The lowest BCUT2D eigenvalue weighted by Gasteiger charge is -2.34. The summed E-state index contributed by atoms with van der Waals surface area (Å²) in [6, 6.07) is 0.416. The van der Waals surface area contributed by atoms with Gasteiger partial charge in [0, 0.05) is 38.6 Å². The van der Waals surface area contributed by atoms with Gasteiger partial charge in [0.1, 0.15) is 0 Å². The molecule has 2 aliphatic heterocycles. The molecule has 2 rings (SSSR count). The third-order valence-electron chi connectivity index (χ3n) is 3.78. The second-order valence-corrected chi connectivity index (χ2v) is 5.10. The van der Waals surface area contributed by atoms with Crippen molar-refractivity contribution in [1.29, 1.82) is 0 Å². The van der Waals surface area contributed by atoms with E-state index in [1.165, 1.54) is 0 Å². The van der Waals surface area contributed by atoms with E-state index in [0.717, 1.165) is 39.4 Å². The Morgan fingerprint density at radius 2 is 2.18 bits per heavy atom. The van der Waals surface area contributed by atoms with Crippen LogP contribution in [0.2, 0.25) is 0 Å². The van der Waals surface area contributed by atoms with E-state index in [2.05, 4.69) is 11.8 Å². The van der Waals surface area contributed by atoms with Crippen molar-refractivity contribution >= 4 is 5.91 Å². The number of rotatable bonds is 4. The molecule has 2 unspecified atom stereocenters. The fraction of sp³-hybridized carbons (Fsp3) is 0.917. The second kappa shape index (κ2) is 5.80. The van der Waals surface area contributed by atoms with E-state index in [1.54, 1.807) is 0 Å². The van der Waals surface area contributed by atoms with Gasteiger partial charge in [0.15, 0.2) is 0 Å². The highest BCUT2D eigenvalue weighted by Gasteiger charge is 2.30. The number of likely N-dealkylation sites (tertiary alicyclic amines) is 1. The Kier molecular flexibility index (Phi) is 4.36. The first-order chi connectivity index (χ1) is 8.20. The van der Waals surface area contributed by atoms with Crippen LogP contribution in [0.15, 0.2) is 0 Å². The van der Waals surface area contributed by atoms with Crippen molar-refractivity contribution in [2.75, 3.05) is 45.9 Å². The van der Waals surface area contributed by atoms with Gasteiger partial charge >= 0.3 is 0 Å². The van der Waals surface area contributed by atoms with Crippen molar-refractivity contribution < 1.29 is 9.53 Å². The average Bonchev–Trinajstić information content (AvgIpc) is 2.71. The molecule has 0 aromatic heterocycles. The Balaban J connectivity index is 1.81. The van der Waals surface area contributed by atoms with Gasteiger partial charge in [0.25, 0.3) is 0 Å². The van der Waals surface area contributed by atoms with Gasteiger partial charge in [-0.1, -0.05) is 0 Å². The summed E-state index contributed by atoms with van der Waals surface area (Å²) in [5, 5.41) is 0. The van der Waals surface area contributed by atoms with Crippen LogP contribution >= 0.6 is 0 Å². The van der Waals surface area contributed by atoms with Gasteiger partial charge in [-0.15, -0.1) is 0 Å². The quantitative estimate of drug-likeness (QED) is 0.722. The maximum atomic E-state index is 11.8. The van der Waals surface area contributed by atoms with Crippen molar-refractivity contribution in [3.63, 3.8) is 0 Å². The van der Waals surface area contributed by atoms with Crippen LogP contribution in [0.3, 0.4) is 0 Å². The summed E-state index contributed by atoms with van der Waals surface area (Å²) in [5.41, 5.74) is 5.63. The van der Waals surface area contributed by atoms with E-state index in [1.807, 2.05) is 4.90 Å². The molecular weight excluding hydrogens is 218 g/mol. The minimum Gasteiger partial charge on any atom is -0.379 e. The predicted molar refractivity (Wildman–Crippen MR) is 65.6 cm³/mol. The Morgan fingerprint density at radius 1 is 1.47 bits per heavy atom. The normalized spacial score (nSPS) is 28.7. The molecule has 2 aliphatic rings. The molecule has 2 atom stereocenters. The highest BCUT2D eigenvalue weighted by Crippen LogP contribution is 2.18. The van der Waals surface area contributed by atoms with Crippen LogP contribution in [0.1, 0.15) is 13.3 Å². The van der Waals surface area contributed by atoms with Crippen LogP contribution in [0.4, 0.5) is 0 Å². The molecule has 0 saturated carbocycles. The van der Waals surface area contributed by atoms with Crippen molar-refractivity contribution in [2.24, 2.45) is 11.7 Å². The van der Waals surface area contributed by atoms with Gasteiger partial charge in [0.05, 0.1) is 13.2 Å². The zero-order valence-electron chi connectivity index (χ0n) is 10.6. The average molecular weight is 241 g/mol. The molecular formula is C12H23N3O2. The largest absolute Gasteiger partial charge is 0.379 e. The lowest BCUT2D eigenvalue weighted by molar-refractivity contribution is -0.128. The minimum atomic E-state index is 0.264. The zero-order valence-corrected chi connectivity index (χ0v) is 10.6. The van der Waals surface area contributed by atoms with E-state index in [4.69, 9.17) is 10.5 Å². The summed E-state index contributed by atoms with van der Waals surface area (Å²) in [6.07, 6.45) is 0.631. The number of nitrogens with zero attached hydrogens (tertiary/aromatic N) is 2. The molecule has 0 aromatic carbocycles. The van der Waals surface area contributed by atoms with Crippen molar-refractivity contribution in [3.8, 4) is 0 Å². The monoisotopic (exact) mass is 241 g/mol. The molecule has 0 radical (unpaired) electrons. The van der Waals surface area contributed by atoms with E-state index in [9.17, 15) is 4.79 Å². The predicted octanol–water partition coefficient (Wildman–Crippen LogP) is -0.486. The van der Waals surface area contributed by atoms with Crippen molar-refractivity contribution in [1.82, 2.24) is 9.80 Å². The molecule has 0 aliphatic carbocycles. The molecule has 5 heteroatoms. The smallest absolute Gasteiger partial charge is 0.223 e. The van der Waals surface area contributed by atoms with Gasteiger partial charge in [0.2, 0.25) is 5.91 Å². The molecule has 17 heavy (non-hydrogen) atoms. The van der Waals surface area contributed by atoms with Gasteiger partial charge in [-0.2, -0.15) is 0 Å². The van der Waals surface area contributed by atoms with Gasteiger partial charge in [-0.05, 0) is 19.4 Å². The van der Waals surface area contributed by atoms with Crippen LogP contribution in [0.5, 0.6) is 0 Å². The van der Waals surface area contributed by atoms with E-state index < -0.39 is 0 Å².